The second-order valence-corrected chi connectivity index (χ2v) is 6.26. The van der Waals surface area contributed by atoms with Gasteiger partial charge in [-0.1, -0.05) is 11.6 Å². The third-order valence-corrected chi connectivity index (χ3v) is 4.52. The van der Waals surface area contributed by atoms with Crippen LogP contribution in [-0.2, 0) is 6.54 Å². The summed E-state index contributed by atoms with van der Waals surface area (Å²) in [5, 5.41) is 7.43. The number of carbonyl (C=O) groups excluding carboxylic acids is 1. The van der Waals surface area contributed by atoms with E-state index in [9.17, 15) is 4.79 Å². The lowest BCUT2D eigenvalue weighted by Gasteiger charge is -2.22. The van der Waals surface area contributed by atoms with Gasteiger partial charge >= 0.3 is 0 Å². The van der Waals surface area contributed by atoms with Crippen LogP contribution in [0.15, 0.2) is 29.0 Å². The van der Waals surface area contributed by atoms with Crippen LogP contribution in [0.1, 0.15) is 28.9 Å². The number of amides is 1. The summed E-state index contributed by atoms with van der Waals surface area (Å²) in [6.07, 6.45) is 2.11. The topological polar surface area (TPSA) is 45.2 Å². The molecule has 2 heterocycles. The van der Waals surface area contributed by atoms with E-state index in [0.29, 0.717) is 29.1 Å². The van der Waals surface area contributed by atoms with Gasteiger partial charge < -0.3 is 10.2 Å². The second kappa shape index (κ2) is 6.03. The number of aromatic nitrogens is 1. The fraction of sp³-hybridized carbons (Fsp3) is 0.333. The van der Waals surface area contributed by atoms with Crippen molar-refractivity contribution in [3.8, 4) is 0 Å². The van der Waals surface area contributed by atoms with Crippen molar-refractivity contribution in [2.24, 2.45) is 0 Å². The van der Waals surface area contributed by atoms with Crippen LogP contribution >= 0.6 is 22.9 Å². The Balaban J connectivity index is 1.87. The molecule has 0 atom stereocenters. The van der Waals surface area contributed by atoms with Crippen molar-refractivity contribution in [2.75, 3.05) is 12.4 Å². The van der Waals surface area contributed by atoms with Crippen molar-refractivity contribution in [3.05, 3.63) is 45.2 Å². The van der Waals surface area contributed by atoms with Crippen LogP contribution in [0.2, 0.25) is 5.02 Å². The van der Waals surface area contributed by atoms with Crippen molar-refractivity contribution in [2.45, 2.75) is 25.4 Å². The fourth-order valence-electron chi connectivity index (χ4n) is 2.20. The molecule has 0 aromatic carbocycles. The highest BCUT2D eigenvalue weighted by atomic mass is 35.5. The summed E-state index contributed by atoms with van der Waals surface area (Å²) in [6, 6.07) is 5.84. The number of halogens is 1. The Bertz CT molecular complexity index is 640. The maximum Gasteiger partial charge on any atom is 0.274 e. The Morgan fingerprint density at radius 1 is 1.48 bits per heavy atom. The molecule has 1 aliphatic carbocycles. The van der Waals surface area contributed by atoms with Crippen LogP contribution in [-0.4, -0.2) is 28.9 Å². The molecule has 0 saturated heterocycles. The molecule has 1 fully saturated rings. The summed E-state index contributed by atoms with van der Waals surface area (Å²) >= 11 is 7.80. The molecule has 2 aromatic heterocycles. The first-order valence-electron chi connectivity index (χ1n) is 6.85. The van der Waals surface area contributed by atoms with Crippen LogP contribution in [0.3, 0.4) is 0 Å². The van der Waals surface area contributed by atoms with E-state index in [2.05, 4.69) is 15.7 Å². The number of nitrogens with one attached hydrogen (secondary N) is 1. The summed E-state index contributed by atoms with van der Waals surface area (Å²) in [4.78, 5) is 19.0. The molecule has 1 saturated carbocycles. The Morgan fingerprint density at radius 2 is 2.29 bits per heavy atom. The predicted octanol–water partition coefficient (Wildman–Crippen LogP) is 3.64. The quantitative estimate of drug-likeness (QED) is 0.914. The minimum atomic E-state index is -0.0919. The van der Waals surface area contributed by atoms with Gasteiger partial charge in [-0.05, 0) is 47.4 Å². The molecule has 0 bridgehead atoms. The van der Waals surface area contributed by atoms with Crippen LogP contribution in [0.4, 0.5) is 5.82 Å². The minimum Gasteiger partial charge on any atom is -0.373 e. The van der Waals surface area contributed by atoms with Crippen LogP contribution < -0.4 is 5.32 Å². The number of hydrogen-bond acceptors (Lipinski definition) is 4. The molecule has 110 valence electrons. The van der Waals surface area contributed by atoms with E-state index < -0.39 is 0 Å². The van der Waals surface area contributed by atoms with Gasteiger partial charge in [-0.2, -0.15) is 11.3 Å². The van der Waals surface area contributed by atoms with E-state index in [1.54, 1.807) is 30.5 Å². The van der Waals surface area contributed by atoms with E-state index >= 15 is 0 Å². The zero-order valence-electron chi connectivity index (χ0n) is 11.7. The van der Waals surface area contributed by atoms with Gasteiger partial charge in [0.15, 0.2) is 0 Å². The number of thiophene rings is 1. The normalized spacial score (nSPS) is 14.0. The molecule has 1 amide bonds. The smallest absolute Gasteiger partial charge is 0.274 e. The number of carbonyl (C=O) groups is 1. The predicted molar refractivity (Wildman–Crippen MR) is 86.0 cm³/mol. The van der Waals surface area contributed by atoms with E-state index in [1.807, 2.05) is 16.3 Å². The van der Waals surface area contributed by atoms with Crippen molar-refractivity contribution in [1.82, 2.24) is 9.88 Å². The minimum absolute atomic E-state index is 0.0919. The summed E-state index contributed by atoms with van der Waals surface area (Å²) in [6.45, 7) is 0.620. The van der Waals surface area contributed by atoms with Crippen LogP contribution in [0.5, 0.6) is 0 Å². The highest BCUT2D eigenvalue weighted by molar-refractivity contribution is 7.07. The van der Waals surface area contributed by atoms with Gasteiger partial charge in [0.2, 0.25) is 0 Å². The zero-order chi connectivity index (χ0) is 14.8. The van der Waals surface area contributed by atoms with E-state index in [4.69, 9.17) is 11.6 Å². The zero-order valence-corrected chi connectivity index (χ0v) is 13.2. The third-order valence-electron chi connectivity index (χ3n) is 3.49. The largest absolute Gasteiger partial charge is 0.373 e. The number of rotatable bonds is 5. The van der Waals surface area contributed by atoms with E-state index in [1.165, 1.54) is 0 Å². The molecule has 0 radical (unpaired) electrons. The van der Waals surface area contributed by atoms with Gasteiger partial charge in [-0.3, -0.25) is 4.79 Å². The van der Waals surface area contributed by atoms with Gasteiger partial charge in [-0.15, -0.1) is 0 Å². The number of hydrogen-bond donors (Lipinski definition) is 1. The number of pyridine rings is 1. The van der Waals surface area contributed by atoms with Gasteiger partial charge in [0.25, 0.3) is 5.91 Å². The van der Waals surface area contributed by atoms with E-state index in [-0.39, 0.29) is 5.91 Å². The molecule has 0 aliphatic heterocycles. The molecular formula is C15H16ClN3OS. The Morgan fingerprint density at radius 3 is 2.90 bits per heavy atom. The molecule has 4 nitrogen and oxygen atoms in total. The van der Waals surface area contributed by atoms with Gasteiger partial charge in [0.05, 0.1) is 5.02 Å². The van der Waals surface area contributed by atoms with Crippen molar-refractivity contribution < 1.29 is 4.79 Å². The van der Waals surface area contributed by atoms with E-state index in [0.717, 1.165) is 18.4 Å². The SMILES string of the molecule is CNc1ccc(Cl)c(C(=O)N(Cc2ccsc2)C2CC2)n1. The first kappa shape index (κ1) is 14.4. The average molecular weight is 322 g/mol. The monoisotopic (exact) mass is 321 g/mol. The standard InChI is InChI=1S/C15H16ClN3OS/c1-17-13-5-4-12(16)14(18-13)15(20)19(11-2-3-11)8-10-6-7-21-9-10/h4-7,9,11H,2-3,8H2,1H3,(H,17,18). The molecule has 3 rings (SSSR count). The Hall–Kier alpha value is -1.59. The number of nitrogens with zero attached hydrogens (tertiary/aromatic N) is 2. The lowest BCUT2D eigenvalue weighted by Crippen LogP contribution is -2.33. The highest BCUT2D eigenvalue weighted by Gasteiger charge is 2.34. The van der Waals surface area contributed by atoms with Gasteiger partial charge in [0, 0.05) is 19.6 Å². The third kappa shape index (κ3) is 3.19. The average Bonchev–Trinajstić information content (AvgIpc) is 3.21. The Kier molecular flexibility index (Phi) is 4.12. The van der Waals surface area contributed by atoms with Crippen LogP contribution in [0, 0.1) is 0 Å². The summed E-state index contributed by atoms with van der Waals surface area (Å²) in [7, 11) is 1.77. The molecule has 0 unspecified atom stereocenters. The Labute approximate surface area is 132 Å². The summed E-state index contributed by atoms with van der Waals surface area (Å²) in [5.74, 6) is 0.555. The maximum atomic E-state index is 12.8. The lowest BCUT2D eigenvalue weighted by atomic mass is 10.2. The molecule has 6 heteroatoms. The first-order chi connectivity index (χ1) is 10.2. The fourth-order valence-corrected chi connectivity index (χ4v) is 3.05. The second-order valence-electron chi connectivity index (χ2n) is 5.07. The molecule has 1 N–H and O–H groups in total. The summed E-state index contributed by atoms with van der Waals surface area (Å²) < 4.78 is 0. The first-order valence-corrected chi connectivity index (χ1v) is 8.17. The maximum absolute atomic E-state index is 12.8. The molecule has 1 aliphatic rings. The summed E-state index contributed by atoms with van der Waals surface area (Å²) in [5.41, 5.74) is 1.48. The van der Waals surface area contributed by atoms with Crippen molar-refractivity contribution >= 4 is 34.7 Å². The highest BCUT2D eigenvalue weighted by Crippen LogP contribution is 2.31. The number of anilines is 1. The molecule has 0 spiro atoms. The van der Waals surface area contributed by atoms with Gasteiger partial charge in [0.1, 0.15) is 11.5 Å². The molecule has 2 aromatic rings. The van der Waals surface area contributed by atoms with Crippen LogP contribution in [0.25, 0.3) is 0 Å². The van der Waals surface area contributed by atoms with Gasteiger partial charge in [-0.25, -0.2) is 4.98 Å². The lowest BCUT2D eigenvalue weighted by molar-refractivity contribution is 0.0724. The van der Waals surface area contributed by atoms with Crippen molar-refractivity contribution in [3.63, 3.8) is 0 Å². The molecular weight excluding hydrogens is 306 g/mol. The van der Waals surface area contributed by atoms with Crippen molar-refractivity contribution in [1.29, 1.82) is 0 Å². The molecule has 21 heavy (non-hydrogen) atoms.